The zero-order valence-corrected chi connectivity index (χ0v) is 12.7. The Balaban J connectivity index is 2.16. The molecule has 0 heterocycles. The quantitative estimate of drug-likeness (QED) is 0.763. The summed E-state index contributed by atoms with van der Waals surface area (Å²) in [5.41, 5.74) is 0. The fraction of sp³-hybridized carbons (Fsp3) is 0.500. The van der Waals surface area contributed by atoms with Gasteiger partial charge in [-0.3, -0.25) is 0 Å². The first kappa shape index (κ1) is 15.7. The van der Waals surface area contributed by atoms with Crippen LogP contribution in [0.4, 0.5) is 0 Å². The number of hydrogen-bond donors (Lipinski definition) is 1. The van der Waals surface area contributed by atoms with Crippen molar-refractivity contribution in [2.24, 2.45) is 0 Å². The van der Waals surface area contributed by atoms with E-state index in [2.05, 4.69) is 10.2 Å². The van der Waals surface area contributed by atoms with Gasteiger partial charge >= 0.3 is 0 Å². The van der Waals surface area contributed by atoms with Gasteiger partial charge in [0, 0.05) is 20.1 Å². The van der Waals surface area contributed by atoms with Crippen molar-refractivity contribution in [2.45, 2.75) is 0 Å². The Hall–Kier alpha value is -1.33. The molecule has 1 aromatic rings. The van der Waals surface area contributed by atoms with Crippen LogP contribution in [0, 0.1) is 0 Å². The van der Waals surface area contributed by atoms with E-state index >= 15 is 0 Å². The molecular weight excluding hydrogens is 258 g/mol. The van der Waals surface area contributed by atoms with E-state index < -0.39 is 0 Å². The molecule has 0 fully saturated rings. The molecule has 1 N–H and O–H groups in total. The topological polar surface area (TPSA) is 27.7 Å². The van der Waals surface area contributed by atoms with Crippen LogP contribution in [0.1, 0.15) is 0 Å². The first-order valence-corrected chi connectivity index (χ1v) is 6.82. The molecule has 4 nitrogen and oxygen atoms in total. The molecule has 0 spiro atoms. The normalized spacial score (nSPS) is 10.3. The second kappa shape index (κ2) is 8.72. The molecule has 0 aliphatic carbocycles. The predicted molar refractivity (Wildman–Crippen MR) is 83.7 cm³/mol. The second-order valence-electron chi connectivity index (χ2n) is 4.62. The molecule has 106 valence electrons. The minimum Gasteiger partial charge on any atom is -0.492 e. The van der Waals surface area contributed by atoms with E-state index in [1.807, 2.05) is 56.4 Å². The maximum atomic E-state index is 5.63. The third-order valence-electron chi connectivity index (χ3n) is 2.62. The number of nitrogens with one attached hydrogen (secondary N) is 1. The molecule has 0 bridgehead atoms. The molecule has 0 aliphatic rings. The van der Waals surface area contributed by atoms with Crippen molar-refractivity contribution in [2.75, 3.05) is 47.4 Å². The molecule has 0 atom stereocenters. The second-order valence-corrected chi connectivity index (χ2v) is 5.00. The summed E-state index contributed by atoms with van der Waals surface area (Å²) in [6.45, 7) is 3.21. The molecule has 1 aromatic carbocycles. The van der Waals surface area contributed by atoms with Gasteiger partial charge in [-0.1, -0.05) is 18.2 Å². The summed E-state index contributed by atoms with van der Waals surface area (Å²) in [6.07, 6.45) is 0. The van der Waals surface area contributed by atoms with Crippen molar-refractivity contribution in [3.63, 3.8) is 0 Å². The molecule has 0 aliphatic heterocycles. The largest absolute Gasteiger partial charge is 0.492 e. The third-order valence-corrected chi connectivity index (χ3v) is 3.08. The summed E-state index contributed by atoms with van der Waals surface area (Å²) in [5.74, 6) is 0.891. The number of ether oxygens (including phenoxy) is 1. The maximum Gasteiger partial charge on any atom is 0.168 e. The van der Waals surface area contributed by atoms with Gasteiger partial charge in [-0.15, -0.1) is 0 Å². The monoisotopic (exact) mass is 281 g/mol. The Morgan fingerprint density at radius 1 is 1.16 bits per heavy atom. The molecule has 0 saturated heterocycles. The van der Waals surface area contributed by atoms with Crippen molar-refractivity contribution >= 4 is 17.3 Å². The van der Waals surface area contributed by atoms with Crippen LogP contribution in [-0.2, 0) is 0 Å². The lowest BCUT2D eigenvalue weighted by Gasteiger charge is -2.21. The maximum absolute atomic E-state index is 5.63. The Bertz CT molecular complexity index is 370. The molecule has 0 aromatic heterocycles. The van der Waals surface area contributed by atoms with E-state index in [0.717, 1.165) is 30.5 Å². The van der Waals surface area contributed by atoms with Crippen LogP contribution in [0.15, 0.2) is 30.3 Å². The zero-order valence-electron chi connectivity index (χ0n) is 11.9. The first-order valence-electron chi connectivity index (χ1n) is 6.41. The standard InChI is InChI=1S/C14H23N3OS/c1-16(2)10-9-15-14(19)17(3)11-12-18-13-7-5-4-6-8-13/h4-8H,9-12H2,1-3H3,(H,15,19). The van der Waals surface area contributed by atoms with E-state index in [-0.39, 0.29) is 0 Å². The fourth-order valence-corrected chi connectivity index (χ4v) is 1.63. The van der Waals surface area contributed by atoms with E-state index in [9.17, 15) is 0 Å². The number of likely N-dealkylation sites (N-methyl/N-ethyl adjacent to an activating group) is 2. The smallest absolute Gasteiger partial charge is 0.168 e. The highest BCUT2D eigenvalue weighted by Gasteiger charge is 2.03. The van der Waals surface area contributed by atoms with Gasteiger partial charge in [0.25, 0.3) is 0 Å². The predicted octanol–water partition coefficient (Wildman–Crippen LogP) is 1.43. The van der Waals surface area contributed by atoms with Crippen LogP contribution in [0.3, 0.4) is 0 Å². The SMILES string of the molecule is CN(C)CCNC(=S)N(C)CCOc1ccccc1. The molecule has 0 unspecified atom stereocenters. The molecule has 19 heavy (non-hydrogen) atoms. The Morgan fingerprint density at radius 3 is 2.47 bits per heavy atom. The minimum absolute atomic E-state index is 0.621. The van der Waals surface area contributed by atoms with Crippen molar-refractivity contribution < 1.29 is 4.74 Å². The lowest BCUT2D eigenvalue weighted by Crippen LogP contribution is -2.41. The fourth-order valence-electron chi connectivity index (χ4n) is 1.44. The first-order chi connectivity index (χ1) is 9.09. The van der Waals surface area contributed by atoms with Crippen LogP contribution in [-0.4, -0.2) is 62.3 Å². The molecule has 1 rings (SSSR count). The lowest BCUT2D eigenvalue weighted by molar-refractivity contribution is 0.282. The number of rotatable bonds is 7. The highest BCUT2D eigenvalue weighted by Crippen LogP contribution is 2.07. The molecule has 0 radical (unpaired) electrons. The average molecular weight is 281 g/mol. The van der Waals surface area contributed by atoms with Gasteiger partial charge < -0.3 is 19.9 Å². The van der Waals surface area contributed by atoms with Gasteiger partial charge in [0.05, 0.1) is 6.54 Å². The van der Waals surface area contributed by atoms with Gasteiger partial charge in [-0.25, -0.2) is 0 Å². The Morgan fingerprint density at radius 2 is 1.84 bits per heavy atom. The molecule has 0 amide bonds. The highest BCUT2D eigenvalue weighted by atomic mass is 32.1. The van der Waals surface area contributed by atoms with Crippen molar-refractivity contribution in [1.82, 2.24) is 15.1 Å². The van der Waals surface area contributed by atoms with Crippen LogP contribution < -0.4 is 10.1 Å². The minimum atomic E-state index is 0.621. The van der Waals surface area contributed by atoms with Crippen LogP contribution in [0.5, 0.6) is 5.75 Å². The van der Waals surface area contributed by atoms with Gasteiger partial charge in [-0.2, -0.15) is 0 Å². The third kappa shape index (κ3) is 6.98. The molecular formula is C14H23N3OS. The van der Waals surface area contributed by atoms with E-state index in [1.165, 1.54) is 0 Å². The molecule has 5 heteroatoms. The highest BCUT2D eigenvalue weighted by molar-refractivity contribution is 7.80. The van der Waals surface area contributed by atoms with Crippen LogP contribution in [0.25, 0.3) is 0 Å². The van der Waals surface area contributed by atoms with Crippen molar-refractivity contribution in [3.8, 4) is 5.75 Å². The summed E-state index contributed by atoms with van der Waals surface area (Å²) in [7, 11) is 6.06. The van der Waals surface area contributed by atoms with E-state index in [4.69, 9.17) is 17.0 Å². The zero-order chi connectivity index (χ0) is 14.1. The Kier molecular flexibility index (Phi) is 7.22. The number of thiocarbonyl (C=S) groups is 1. The van der Waals surface area contributed by atoms with Crippen LogP contribution in [0.2, 0.25) is 0 Å². The summed E-state index contributed by atoms with van der Waals surface area (Å²) >= 11 is 5.30. The number of para-hydroxylation sites is 1. The average Bonchev–Trinajstić information content (AvgIpc) is 2.39. The van der Waals surface area contributed by atoms with E-state index in [0.29, 0.717) is 6.61 Å². The summed E-state index contributed by atoms with van der Waals surface area (Å²) < 4.78 is 5.63. The molecule has 0 saturated carbocycles. The van der Waals surface area contributed by atoms with Crippen molar-refractivity contribution in [1.29, 1.82) is 0 Å². The lowest BCUT2D eigenvalue weighted by atomic mass is 10.3. The summed E-state index contributed by atoms with van der Waals surface area (Å²) in [4.78, 5) is 4.11. The number of nitrogens with zero attached hydrogens (tertiary/aromatic N) is 2. The van der Waals surface area contributed by atoms with Crippen molar-refractivity contribution in [3.05, 3.63) is 30.3 Å². The number of hydrogen-bond acceptors (Lipinski definition) is 3. The van der Waals surface area contributed by atoms with Gasteiger partial charge in [0.15, 0.2) is 5.11 Å². The van der Waals surface area contributed by atoms with E-state index in [1.54, 1.807) is 0 Å². The van der Waals surface area contributed by atoms with Gasteiger partial charge in [0.1, 0.15) is 12.4 Å². The van der Waals surface area contributed by atoms with Gasteiger partial charge in [0.2, 0.25) is 0 Å². The Labute approximate surface area is 121 Å². The summed E-state index contributed by atoms with van der Waals surface area (Å²) in [6, 6.07) is 9.81. The number of benzene rings is 1. The summed E-state index contributed by atoms with van der Waals surface area (Å²) in [5, 5.41) is 3.99. The van der Waals surface area contributed by atoms with Crippen LogP contribution >= 0.6 is 12.2 Å². The van der Waals surface area contributed by atoms with Gasteiger partial charge in [-0.05, 0) is 38.4 Å².